The molecule has 1 unspecified atom stereocenters. The van der Waals surface area contributed by atoms with E-state index in [9.17, 15) is 9.59 Å². The van der Waals surface area contributed by atoms with Crippen LogP contribution in [-0.4, -0.2) is 47.8 Å². The van der Waals surface area contributed by atoms with Crippen molar-refractivity contribution >= 4 is 11.7 Å². The lowest BCUT2D eigenvalue weighted by Crippen LogP contribution is -2.48. The molecular weight excluding hydrogens is 342 g/mol. The largest absolute Gasteiger partial charge is 0.494 e. The number of rotatable bonds is 7. The summed E-state index contributed by atoms with van der Waals surface area (Å²) in [7, 11) is 0. The van der Waals surface area contributed by atoms with E-state index in [0.29, 0.717) is 37.3 Å². The van der Waals surface area contributed by atoms with Crippen LogP contribution in [0.25, 0.3) is 0 Å². The maximum atomic E-state index is 12.7. The van der Waals surface area contributed by atoms with Crippen molar-refractivity contribution < 1.29 is 14.3 Å². The minimum atomic E-state index is 0.0278. The van der Waals surface area contributed by atoms with Crippen LogP contribution in [0.2, 0.25) is 0 Å². The van der Waals surface area contributed by atoms with Crippen molar-refractivity contribution in [3.05, 3.63) is 59.9 Å². The Hall–Kier alpha value is -2.73. The molecule has 1 aromatic carbocycles. The van der Waals surface area contributed by atoms with E-state index in [0.717, 1.165) is 18.7 Å². The smallest absolute Gasteiger partial charge is 0.223 e. The van der Waals surface area contributed by atoms with Crippen LogP contribution < -0.4 is 10.1 Å². The predicted octanol–water partition coefficient (Wildman–Crippen LogP) is 2.62. The number of ether oxygens (including phenoxy) is 1. The molecule has 0 spiro atoms. The van der Waals surface area contributed by atoms with Gasteiger partial charge in [0.2, 0.25) is 5.91 Å². The molecule has 27 heavy (non-hydrogen) atoms. The fourth-order valence-corrected chi connectivity index (χ4v) is 3.22. The summed E-state index contributed by atoms with van der Waals surface area (Å²) in [5, 5.41) is 3.35. The summed E-state index contributed by atoms with van der Waals surface area (Å²) in [6.45, 7) is 4.26. The second kappa shape index (κ2) is 9.28. The summed E-state index contributed by atoms with van der Waals surface area (Å²) >= 11 is 0. The molecule has 1 N–H and O–H groups in total. The average molecular weight is 367 g/mol. The molecule has 2 aromatic rings. The van der Waals surface area contributed by atoms with Gasteiger partial charge in [-0.25, -0.2) is 0 Å². The number of hydrogen-bond donors (Lipinski definition) is 1. The van der Waals surface area contributed by atoms with E-state index in [1.54, 1.807) is 30.5 Å². The number of ketones is 1. The summed E-state index contributed by atoms with van der Waals surface area (Å²) in [6, 6.07) is 11.0. The molecular formula is C21H25N3O3. The molecule has 2 heterocycles. The predicted molar refractivity (Wildman–Crippen MR) is 103 cm³/mol. The number of hydrogen-bond acceptors (Lipinski definition) is 5. The monoisotopic (exact) mass is 367 g/mol. The molecule has 1 saturated heterocycles. The number of pyridine rings is 1. The molecule has 1 aliphatic rings. The third-order valence-corrected chi connectivity index (χ3v) is 4.70. The Kier molecular flexibility index (Phi) is 6.54. The topological polar surface area (TPSA) is 71.5 Å². The van der Waals surface area contributed by atoms with Crippen molar-refractivity contribution in [1.82, 2.24) is 15.2 Å². The van der Waals surface area contributed by atoms with E-state index in [-0.39, 0.29) is 17.7 Å². The molecule has 6 heteroatoms. The van der Waals surface area contributed by atoms with Gasteiger partial charge in [-0.3, -0.25) is 14.6 Å². The zero-order chi connectivity index (χ0) is 19.1. The van der Waals surface area contributed by atoms with Crippen LogP contribution >= 0.6 is 0 Å². The minimum Gasteiger partial charge on any atom is -0.494 e. The maximum absolute atomic E-state index is 12.7. The van der Waals surface area contributed by atoms with Gasteiger partial charge in [-0.2, -0.15) is 0 Å². The Morgan fingerprint density at radius 3 is 2.78 bits per heavy atom. The maximum Gasteiger partial charge on any atom is 0.223 e. The standard InChI is InChI=1S/C21H25N3O3/c1-16(25)17-6-8-19(9-7-17)27-13-3-5-21(26)24-12-11-23-15-20(24)18-4-2-10-22-14-18/h2,4,6-10,14,20,23H,3,5,11-13,15H2,1H3. The quantitative estimate of drug-likeness (QED) is 0.602. The first-order chi connectivity index (χ1) is 13.1. The fourth-order valence-electron chi connectivity index (χ4n) is 3.22. The third kappa shape index (κ3) is 5.14. The Bertz CT molecular complexity index is 762. The number of nitrogens with one attached hydrogen (secondary N) is 1. The lowest BCUT2D eigenvalue weighted by atomic mass is 10.0. The second-order valence-corrected chi connectivity index (χ2v) is 6.63. The average Bonchev–Trinajstić information content (AvgIpc) is 2.72. The van der Waals surface area contributed by atoms with Gasteiger partial charge in [0.1, 0.15) is 5.75 Å². The summed E-state index contributed by atoms with van der Waals surface area (Å²) in [5.41, 5.74) is 1.72. The summed E-state index contributed by atoms with van der Waals surface area (Å²) in [5.74, 6) is 0.884. The van der Waals surface area contributed by atoms with Gasteiger partial charge in [0.05, 0.1) is 12.6 Å². The Balaban J connectivity index is 1.48. The fraction of sp³-hybridized carbons (Fsp3) is 0.381. The zero-order valence-corrected chi connectivity index (χ0v) is 15.6. The van der Waals surface area contributed by atoms with Crippen molar-refractivity contribution in [3.63, 3.8) is 0 Å². The number of aromatic nitrogens is 1. The molecule has 0 radical (unpaired) electrons. The van der Waals surface area contributed by atoms with E-state index in [1.807, 2.05) is 23.2 Å². The number of carbonyl (C=O) groups excluding carboxylic acids is 2. The van der Waals surface area contributed by atoms with Crippen molar-refractivity contribution in [3.8, 4) is 5.75 Å². The van der Waals surface area contributed by atoms with Crippen molar-refractivity contribution in [2.45, 2.75) is 25.8 Å². The van der Waals surface area contributed by atoms with Crippen LogP contribution in [0.4, 0.5) is 0 Å². The molecule has 6 nitrogen and oxygen atoms in total. The summed E-state index contributed by atoms with van der Waals surface area (Å²) < 4.78 is 5.69. The van der Waals surface area contributed by atoms with Gasteiger partial charge in [-0.05, 0) is 49.2 Å². The van der Waals surface area contributed by atoms with Crippen molar-refractivity contribution in [2.24, 2.45) is 0 Å². The van der Waals surface area contributed by atoms with Gasteiger partial charge < -0.3 is 15.0 Å². The summed E-state index contributed by atoms with van der Waals surface area (Å²) in [4.78, 5) is 30.1. The highest BCUT2D eigenvalue weighted by molar-refractivity contribution is 5.94. The van der Waals surface area contributed by atoms with E-state index >= 15 is 0 Å². The highest BCUT2D eigenvalue weighted by atomic mass is 16.5. The first kappa shape index (κ1) is 19.0. The van der Waals surface area contributed by atoms with E-state index in [4.69, 9.17) is 4.74 Å². The second-order valence-electron chi connectivity index (χ2n) is 6.63. The van der Waals surface area contributed by atoms with Crippen LogP contribution in [0.5, 0.6) is 5.75 Å². The van der Waals surface area contributed by atoms with E-state index < -0.39 is 0 Å². The third-order valence-electron chi connectivity index (χ3n) is 4.70. The molecule has 1 aromatic heterocycles. The normalized spacial score (nSPS) is 16.8. The number of carbonyl (C=O) groups is 2. The molecule has 3 rings (SSSR count). The van der Waals surface area contributed by atoms with Gasteiger partial charge in [-0.1, -0.05) is 6.07 Å². The summed E-state index contributed by atoms with van der Waals surface area (Å²) in [6.07, 6.45) is 4.66. The molecule has 1 atom stereocenters. The minimum absolute atomic E-state index is 0.0278. The van der Waals surface area contributed by atoms with Crippen LogP contribution in [0.1, 0.15) is 41.7 Å². The number of benzene rings is 1. The van der Waals surface area contributed by atoms with Crippen LogP contribution in [0.15, 0.2) is 48.8 Å². The van der Waals surface area contributed by atoms with Crippen molar-refractivity contribution in [2.75, 3.05) is 26.2 Å². The lowest BCUT2D eigenvalue weighted by molar-refractivity contribution is -0.134. The molecule has 142 valence electrons. The molecule has 0 saturated carbocycles. The van der Waals surface area contributed by atoms with Gasteiger partial charge in [-0.15, -0.1) is 0 Å². The van der Waals surface area contributed by atoms with Crippen LogP contribution in [0.3, 0.4) is 0 Å². The van der Waals surface area contributed by atoms with Gasteiger partial charge in [0.25, 0.3) is 0 Å². The molecule has 0 aliphatic carbocycles. The number of Topliss-reactive ketones (excluding diaryl/α,β-unsaturated/α-hetero) is 1. The first-order valence-corrected chi connectivity index (χ1v) is 9.29. The number of piperazine rings is 1. The lowest BCUT2D eigenvalue weighted by Gasteiger charge is -2.36. The van der Waals surface area contributed by atoms with E-state index in [2.05, 4.69) is 10.3 Å². The highest BCUT2D eigenvalue weighted by Crippen LogP contribution is 2.22. The van der Waals surface area contributed by atoms with Gasteiger partial charge in [0.15, 0.2) is 5.78 Å². The number of nitrogens with zero attached hydrogens (tertiary/aromatic N) is 2. The van der Waals surface area contributed by atoms with Crippen LogP contribution in [-0.2, 0) is 4.79 Å². The highest BCUT2D eigenvalue weighted by Gasteiger charge is 2.27. The first-order valence-electron chi connectivity index (χ1n) is 9.29. The van der Waals surface area contributed by atoms with Crippen LogP contribution in [0, 0.1) is 0 Å². The molecule has 1 aliphatic heterocycles. The van der Waals surface area contributed by atoms with Crippen molar-refractivity contribution in [1.29, 1.82) is 0 Å². The Morgan fingerprint density at radius 1 is 1.26 bits per heavy atom. The van der Waals surface area contributed by atoms with Gasteiger partial charge >= 0.3 is 0 Å². The Morgan fingerprint density at radius 2 is 2.07 bits per heavy atom. The van der Waals surface area contributed by atoms with Gasteiger partial charge in [0, 0.05) is 44.0 Å². The molecule has 0 bridgehead atoms. The van der Waals surface area contributed by atoms with E-state index in [1.165, 1.54) is 6.92 Å². The Labute approximate surface area is 159 Å². The number of amides is 1. The zero-order valence-electron chi connectivity index (χ0n) is 15.6. The molecule has 1 amide bonds. The SMILES string of the molecule is CC(=O)c1ccc(OCCCC(=O)N2CCNCC2c2cccnc2)cc1. The molecule has 1 fully saturated rings.